The van der Waals surface area contributed by atoms with E-state index >= 15 is 0 Å². The number of alkyl halides is 2. The smallest absolute Gasteiger partial charge is 0.288 e. The average molecular weight is 353 g/mol. The number of hydrogen-bond donors (Lipinski definition) is 1. The van der Waals surface area contributed by atoms with Crippen molar-refractivity contribution in [3.05, 3.63) is 48.0 Å². The number of rotatable bonds is 7. The molecule has 0 aliphatic heterocycles. The molecule has 24 heavy (non-hydrogen) atoms. The Morgan fingerprint density at radius 2 is 1.92 bits per heavy atom. The highest BCUT2D eigenvalue weighted by Crippen LogP contribution is 2.32. The maximum atomic E-state index is 12.6. The van der Waals surface area contributed by atoms with E-state index in [2.05, 4.69) is 5.32 Å². The van der Waals surface area contributed by atoms with Crippen LogP contribution in [0.1, 0.15) is 5.56 Å². The lowest BCUT2D eigenvalue weighted by Gasteiger charge is -2.12. The fourth-order valence-electron chi connectivity index (χ4n) is 2.16. The summed E-state index contributed by atoms with van der Waals surface area (Å²) >= 11 is 0.394. The summed E-state index contributed by atoms with van der Waals surface area (Å²) in [5.74, 6) is -1.72. The van der Waals surface area contributed by atoms with E-state index in [0.717, 1.165) is 0 Å². The molecule has 2 aromatic carbocycles. The number of anilines is 1. The monoisotopic (exact) mass is 353 g/mol. The first-order valence-electron chi connectivity index (χ1n) is 7.08. The van der Waals surface area contributed by atoms with Gasteiger partial charge in [0.05, 0.1) is 26.3 Å². The summed E-state index contributed by atoms with van der Waals surface area (Å²) < 4.78 is 35.6. The van der Waals surface area contributed by atoms with Crippen LogP contribution < -0.4 is 14.8 Å². The van der Waals surface area contributed by atoms with Gasteiger partial charge in [0, 0.05) is 10.5 Å². The molecule has 1 N–H and O–H groups in total. The van der Waals surface area contributed by atoms with Crippen LogP contribution in [0.25, 0.3) is 0 Å². The summed E-state index contributed by atoms with van der Waals surface area (Å²) in [6.07, 6.45) is 0.0358. The van der Waals surface area contributed by atoms with E-state index in [1.807, 2.05) is 0 Å². The van der Waals surface area contributed by atoms with Crippen molar-refractivity contribution in [2.45, 2.75) is 17.1 Å². The Morgan fingerprint density at radius 1 is 1.17 bits per heavy atom. The minimum absolute atomic E-state index is 0.0358. The van der Waals surface area contributed by atoms with Crippen molar-refractivity contribution in [2.75, 3.05) is 19.5 Å². The summed E-state index contributed by atoms with van der Waals surface area (Å²) in [7, 11) is 3.04. The first-order valence-corrected chi connectivity index (χ1v) is 7.96. The Labute approximate surface area is 143 Å². The van der Waals surface area contributed by atoms with Gasteiger partial charge in [0.25, 0.3) is 5.76 Å². The van der Waals surface area contributed by atoms with Crippen molar-refractivity contribution in [1.29, 1.82) is 0 Å². The lowest BCUT2D eigenvalue weighted by Crippen LogP contribution is -2.15. The van der Waals surface area contributed by atoms with Gasteiger partial charge < -0.3 is 14.8 Å². The Balaban J connectivity index is 2.14. The van der Waals surface area contributed by atoms with Crippen LogP contribution in [-0.4, -0.2) is 25.9 Å². The molecule has 0 unspecified atom stereocenters. The zero-order chi connectivity index (χ0) is 17.5. The molecule has 2 aromatic rings. The summed E-state index contributed by atoms with van der Waals surface area (Å²) in [5, 5.41) is 2.66. The number of amides is 1. The number of carbonyl (C=O) groups excluding carboxylic acids is 1. The average Bonchev–Trinajstić information content (AvgIpc) is 2.56. The summed E-state index contributed by atoms with van der Waals surface area (Å²) in [4.78, 5) is 12.6. The Hall–Kier alpha value is -2.28. The summed E-state index contributed by atoms with van der Waals surface area (Å²) in [6, 6.07) is 11.6. The molecule has 7 heteroatoms. The van der Waals surface area contributed by atoms with Gasteiger partial charge in [-0.1, -0.05) is 23.9 Å². The van der Waals surface area contributed by atoms with E-state index in [1.165, 1.54) is 14.2 Å². The van der Waals surface area contributed by atoms with Gasteiger partial charge in [-0.15, -0.1) is 0 Å². The number of para-hydroxylation sites is 1. The quantitative estimate of drug-likeness (QED) is 0.758. The number of benzene rings is 2. The molecular formula is C17H17F2NO3S. The SMILES string of the molecule is COc1ccc(OC)c(CC(=O)Nc2ccccc2SC(F)F)c1. The molecule has 0 atom stereocenters. The number of ether oxygens (including phenoxy) is 2. The Bertz CT molecular complexity index is 710. The predicted octanol–water partition coefficient (Wildman–Crippen LogP) is 4.20. The van der Waals surface area contributed by atoms with E-state index in [9.17, 15) is 13.6 Å². The fraction of sp³-hybridized carbons (Fsp3) is 0.235. The molecule has 0 fully saturated rings. The lowest BCUT2D eigenvalue weighted by atomic mass is 10.1. The largest absolute Gasteiger partial charge is 0.497 e. The van der Waals surface area contributed by atoms with Gasteiger partial charge >= 0.3 is 0 Å². The van der Waals surface area contributed by atoms with Gasteiger partial charge in [-0.05, 0) is 30.3 Å². The van der Waals surface area contributed by atoms with Crippen LogP contribution in [0.3, 0.4) is 0 Å². The highest BCUT2D eigenvalue weighted by Gasteiger charge is 2.14. The highest BCUT2D eigenvalue weighted by molar-refractivity contribution is 7.99. The lowest BCUT2D eigenvalue weighted by molar-refractivity contribution is -0.115. The maximum Gasteiger partial charge on any atom is 0.288 e. The molecule has 0 aliphatic rings. The van der Waals surface area contributed by atoms with Crippen molar-refractivity contribution in [3.8, 4) is 11.5 Å². The number of carbonyl (C=O) groups is 1. The molecule has 1 amide bonds. The molecule has 0 spiro atoms. The van der Waals surface area contributed by atoms with Crippen molar-refractivity contribution in [3.63, 3.8) is 0 Å². The van der Waals surface area contributed by atoms with Gasteiger partial charge in [0.1, 0.15) is 11.5 Å². The van der Waals surface area contributed by atoms with E-state index in [1.54, 1.807) is 42.5 Å². The topological polar surface area (TPSA) is 47.6 Å². The second-order valence-electron chi connectivity index (χ2n) is 4.78. The summed E-state index contributed by atoms with van der Waals surface area (Å²) in [5.41, 5.74) is 1.00. The zero-order valence-corrected chi connectivity index (χ0v) is 14.0. The number of methoxy groups -OCH3 is 2. The van der Waals surface area contributed by atoms with Crippen molar-refractivity contribution in [2.24, 2.45) is 0 Å². The van der Waals surface area contributed by atoms with Gasteiger partial charge in [0.2, 0.25) is 5.91 Å². The van der Waals surface area contributed by atoms with Crippen molar-refractivity contribution < 1.29 is 23.0 Å². The molecule has 0 saturated heterocycles. The van der Waals surface area contributed by atoms with E-state index < -0.39 is 5.76 Å². The van der Waals surface area contributed by atoms with E-state index in [4.69, 9.17) is 9.47 Å². The van der Waals surface area contributed by atoms with Crippen LogP contribution >= 0.6 is 11.8 Å². The number of hydrogen-bond acceptors (Lipinski definition) is 4. The van der Waals surface area contributed by atoms with Gasteiger partial charge in [-0.3, -0.25) is 4.79 Å². The number of nitrogens with one attached hydrogen (secondary N) is 1. The Kier molecular flexibility index (Phi) is 6.43. The second kappa shape index (κ2) is 8.54. The molecule has 2 rings (SSSR count). The second-order valence-corrected chi connectivity index (χ2v) is 5.81. The van der Waals surface area contributed by atoms with Gasteiger partial charge in [-0.25, -0.2) is 0 Å². The van der Waals surface area contributed by atoms with Crippen LogP contribution in [0.15, 0.2) is 47.4 Å². The molecule has 4 nitrogen and oxygen atoms in total. The third-order valence-electron chi connectivity index (χ3n) is 3.22. The molecule has 0 aliphatic carbocycles. The molecule has 0 bridgehead atoms. The number of thioether (sulfide) groups is 1. The molecule has 0 heterocycles. The fourth-order valence-corrected chi connectivity index (χ4v) is 2.75. The van der Waals surface area contributed by atoms with Crippen molar-refractivity contribution in [1.82, 2.24) is 0 Å². The molecule has 128 valence electrons. The highest BCUT2D eigenvalue weighted by atomic mass is 32.2. The molecule has 0 saturated carbocycles. The first-order chi connectivity index (χ1) is 11.5. The Morgan fingerprint density at radius 3 is 2.58 bits per heavy atom. The van der Waals surface area contributed by atoms with Gasteiger partial charge in [-0.2, -0.15) is 8.78 Å². The zero-order valence-electron chi connectivity index (χ0n) is 13.2. The standard InChI is InChI=1S/C17H17F2NO3S/c1-22-12-7-8-14(23-2)11(9-12)10-16(21)20-13-5-3-4-6-15(13)24-17(18)19/h3-9,17H,10H2,1-2H3,(H,20,21). The van der Waals surface area contributed by atoms with Crippen LogP contribution in [0.4, 0.5) is 14.5 Å². The van der Waals surface area contributed by atoms with Crippen LogP contribution in [-0.2, 0) is 11.2 Å². The summed E-state index contributed by atoms with van der Waals surface area (Å²) in [6.45, 7) is 0. The minimum atomic E-state index is -2.55. The first kappa shape index (κ1) is 18.1. The van der Waals surface area contributed by atoms with Crippen molar-refractivity contribution >= 4 is 23.4 Å². The van der Waals surface area contributed by atoms with Crippen LogP contribution in [0.5, 0.6) is 11.5 Å². The third-order valence-corrected chi connectivity index (χ3v) is 4.00. The van der Waals surface area contributed by atoms with Gasteiger partial charge in [0.15, 0.2) is 0 Å². The number of halogens is 2. The third kappa shape index (κ3) is 4.86. The van der Waals surface area contributed by atoms with E-state index in [0.29, 0.717) is 39.4 Å². The molecular weight excluding hydrogens is 336 g/mol. The van der Waals surface area contributed by atoms with Crippen LogP contribution in [0, 0.1) is 0 Å². The van der Waals surface area contributed by atoms with Crippen LogP contribution in [0.2, 0.25) is 0 Å². The molecule has 0 aromatic heterocycles. The molecule has 0 radical (unpaired) electrons. The predicted molar refractivity (Wildman–Crippen MR) is 90.2 cm³/mol. The van der Waals surface area contributed by atoms with E-state index in [-0.39, 0.29) is 12.3 Å². The maximum absolute atomic E-state index is 12.6. The minimum Gasteiger partial charge on any atom is -0.497 e. The normalized spacial score (nSPS) is 10.5.